The van der Waals surface area contributed by atoms with Gasteiger partial charge in [0.15, 0.2) is 0 Å². The van der Waals surface area contributed by atoms with Gasteiger partial charge in [-0.25, -0.2) is 4.98 Å². The highest BCUT2D eigenvalue weighted by Gasteiger charge is 2.30. The number of aromatic nitrogens is 2. The number of benzene rings is 1. The maximum atomic E-state index is 12.6. The van der Waals surface area contributed by atoms with E-state index in [9.17, 15) is 14.1 Å². The lowest BCUT2D eigenvalue weighted by Gasteiger charge is -2.28. The number of rotatable bonds is 5. The van der Waals surface area contributed by atoms with E-state index in [0.29, 0.717) is 36.8 Å². The van der Waals surface area contributed by atoms with Gasteiger partial charge < -0.3 is 19.8 Å². The third-order valence-corrected chi connectivity index (χ3v) is 7.15. The fourth-order valence-corrected chi connectivity index (χ4v) is 4.94. The summed E-state index contributed by atoms with van der Waals surface area (Å²) in [4.78, 5) is 34.2. The number of hydrogen-bond acceptors (Lipinski definition) is 4. The van der Waals surface area contributed by atoms with Gasteiger partial charge in [-0.1, -0.05) is 35.4 Å². The standard InChI is InChI=1S/C23H24N4O3S/c28-21(27-9-11-31(30)12-10-27)13-15-1-3-16(4-2-15)19-14-20(26-23(29)17-5-6-17)25-22-18(19)7-8-24-22/h1-4,7-8,14,17H,5-6,9-13H2,(H2,24,25,26,29). The second kappa shape index (κ2) is 8.36. The van der Waals surface area contributed by atoms with Gasteiger partial charge in [-0.15, -0.1) is 0 Å². The van der Waals surface area contributed by atoms with Crippen LogP contribution in [0.4, 0.5) is 5.82 Å². The number of nitrogens with zero attached hydrogens (tertiary/aromatic N) is 2. The Kier molecular flexibility index (Phi) is 5.41. The summed E-state index contributed by atoms with van der Waals surface area (Å²) in [7, 11) is 0. The minimum atomic E-state index is -0.789. The minimum Gasteiger partial charge on any atom is -0.616 e. The molecule has 1 saturated carbocycles. The van der Waals surface area contributed by atoms with Gasteiger partial charge in [-0.05, 0) is 41.7 Å². The van der Waals surface area contributed by atoms with Crippen LogP contribution in [-0.4, -0.2) is 55.8 Å². The van der Waals surface area contributed by atoms with E-state index in [-0.39, 0.29) is 17.7 Å². The van der Waals surface area contributed by atoms with Crippen molar-refractivity contribution in [3.05, 3.63) is 48.2 Å². The Morgan fingerprint density at radius 1 is 1.16 bits per heavy atom. The van der Waals surface area contributed by atoms with E-state index < -0.39 is 11.2 Å². The van der Waals surface area contributed by atoms with Gasteiger partial charge in [0.05, 0.1) is 19.5 Å². The molecular weight excluding hydrogens is 412 g/mol. The van der Waals surface area contributed by atoms with E-state index in [4.69, 9.17) is 0 Å². The molecule has 2 N–H and O–H groups in total. The first-order chi connectivity index (χ1) is 15.1. The van der Waals surface area contributed by atoms with E-state index in [1.165, 1.54) is 0 Å². The van der Waals surface area contributed by atoms with Crippen LogP contribution in [0.5, 0.6) is 0 Å². The number of aromatic amines is 1. The molecule has 0 spiro atoms. The highest BCUT2D eigenvalue weighted by atomic mass is 32.2. The molecule has 160 valence electrons. The molecule has 1 aliphatic carbocycles. The van der Waals surface area contributed by atoms with Crippen LogP contribution in [0.25, 0.3) is 22.2 Å². The zero-order chi connectivity index (χ0) is 21.4. The quantitative estimate of drug-likeness (QED) is 0.601. The van der Waals surface area contributed by atoms with E-state index in [1.807, 2.05) is 42.6 Å². The van der Waals surface area contributed by atoms with Gasteiger partial charge in [0.1, 0.15) is 23.0 Å². The Hall–Kier alpha value is -2.84. The van der Waals surface area contributed by atoms with Gasteiger partial charge in [0.2, 0.25) is 11.8 Å². The Bertz CT molecular complexity index is 1120. The molecule has 5 rings (SSSR count). The van der Waals surface area contributed by atoms with Crippen LogP contribution in [0.15, 0.2) is 42.6 Å². The van der Waals surface area contributed by atoms with Crippen LogP contribution in [0, 0.1) is 5.92 Å². The van der Waals surface area contributed by atoms with Crippen molar-refractivity contribution < 1.29 is 14.1 Å². The smallest absolute Gasteiger partial charge is 0.228 e. The van der Waals surface area contributed by atoms with Crippen LogP contribution in [-0.2, 0) is 27.2 Å². The van der Waals surface area contributed by atoms with E-state index in [0.717, 1.165) is 40.6 Å². The maximum absolute atomic E-state index is 12.6. The highest BCUT2D eigenvalue weighted by molar-refractivity contribution is 7.91. The largest absolute Gasteiger partial charge is 0.616 e. The van der Waals surface area contributed by atoms with Crippen molar-refractivity contribution in [2.45, 2.75) is 19.3 Å². The molecule has 2 aromatic heterocycles. The topological polar surface area (TPSA) is 101 Å². The van der Waals surface area contributed by atoms with Crippen LogP contribution >= 0.6 is 0 Å². The zero-order valence-corrected chi connectivity index (χ0v) is 17.9. The van der Waals surface area contributed by atoms with E-state index >= 15 is 0 Å². The number of nitrogens with one attached hydrogen (secondary N) is 2. The maximum Gasteiger partial charge on any atom is 0.228 e. The molecular formula is C23H24N4O3S. The predicted molar refractivity (Wildman–Crippen MR) is 121 cm³/mol. The van der Waals surface area contributed by atoms with Crippen molar-refractivity contribution in [1.29, 1.82) is 0 Å². The third-order valence-electron chi connectivity index (χ3n) is 5.88. The van der Waals surface area contributed by atoms with E-state index in [2.05, 4.69) is 15.3 Å². The number of anilines is 1. The van der Waals surface area contributed by atoms with Gasteiger partial charge in [-0.2, -0.15) is 0 Å². The second-order valence-corrected chi connectivity index (χ2v) is 9.86. The Balaban J connectivity index is 1.34. The van der Waals surface area contributed by atoms with Crippen LogP contribution in [0.3, 0.4) is 0 Å². The first-order valence-electron chi connectivity index (χ1n) is 10.6. The van der Waals surface area contributed by atoms with Crippen molar-refractivity contribution in [3.8, 4) is 11.1 Å². The summed E-state index contributed by atoms with van der Waals surface area (Å²) in [6, 6.07) is 11.8. The van der Waals surface area contributed by atoms with Crippen LogP contribution in [0.1, 0.15) is 18.4 Å². The Morgan fingerprint density at radius 3 is 2.61 bits per heavy atom. The normalized spacial score (nSPS) is 17.1. The SMILES string of the molecule is O=C(Nc1cc(-c2ccc(CC(=O)N3CC[S+]([O-])CC3)cc2)c2cc[nH]c2n1)C1CC1. The summed E-state index contributed by atoms with van der Waals surface area (Å²) in [5.41, 5.74) is 3.65. The molecule has 8 heteroatoms. The number of H-pyrrole nitrogens is 1. The molecule has 3 heterocycles. The molecule has 2 fully saturated rings. The van der Waals surface area contributed by atoms with Gasteiger partial charge >= 0.3 is 0 Å². The van der Waals surface area contributed by atoms with Crippen molar-refractivity contribution in [3.63, 3.8) is 0 Å². The molecule has 1 aliphatic heterocycles. The average molecular weight is 437 g/mol. The third kappa shape index (κ3) is 4.45. The summed E-state index contributed by atoms with van der Waals surface area (Å²) in [6.07, 6.45) is 4.07. The monoisotopic (exact) mass is 436 g/mol. The second-order valence-electron chi connectivity index (χ2n) is 8.16. The summed E-state index contributed by atoms with van der Waals surface area (Å²) in [6.45, 7) is 1.14. The summed E-state index contributed by atoms with van der Waals surface area (Å²) in [5, 5.41) is 3.91. The molecule has 1 saturated heterocycles. The van der Waals surface area contributed by atoms with E-state index in [1.54, 1.807) is 4.90 Å². The molecule has 0 atom stereocenters. The van der Waals surface area contributed by atoms with Crippen LogP contribution < -0.4 is 5.32 Å². The fourth-order valence-electron chi connectivity index (χ4n) is 3.89. The average Bonchev–Trinajstić information content (AvgIpc) is 3.52. The number of fused-ring (bicyclic) bond motifs is 1. The first-order valence-corrected chi connectivity index (χ1v) is 12.1. The molecule has 0 unspecified atom stereocenters. The minimum absolute atomic E-state index is 0.0276. The number of amides is 2. The summed E-state index contributed by atoms with van der Waals surface area (Å²) in [5.74, 6) is 1.90. The van der Waals surface area contributed by atoms with Gasteiger partial charge in [0, 0.05) is 17.5 Å². The first kappa shape index (κ1) is 20.1. The van der Waals surface area contributed by atoms with Gasteiger partial charge in [0.25, 0.3) is 0 Å². The Morgan fingerprint density at radius 2 is 1.90 bits per heavy atom. The zero-order valence-electron chi connectivity index (χ0n) is 17.1. The van der Waals surface area contributed by atoms with Gasteiger partial charge in [-0.3, -0.25) is 9.59 Å². The molecule has 0 radical (unpaired) electrons. The number of carbonyl (C=O) groups excluding carboxylic acids is 2. The Labute approximate surface area is 183 Å². The molecule has 31 heavy (non-hydrogen) atoms. The van der Waals surface area contributed by atoms with Crippen molar-refractivity contribution >= 4 is 39.8 Å². The fraction of sp³-hybridized carbons (Fsp3) is 0.348. The summed E-state index contributed by atoms with van der Waals surface area (Å²) < 4.78 is 11.5. The lowest BCUT2D eigenvalue weighted by molar-refractivity contribution is -0.130. The molecule has 3 aromatic rings. The van der Waals surface area contributed by atoms with Crippen molar-refractivity contribution in [2.75, 3.05) is 29.9 Å². The van der Waals surface area contributed by atoms with Crippen molar-refractivity contribution in [2.24, 2.45) is 5.92 Å². The summed E-state index contributed by atoms with van der Waals surface area (Å²) >= 11 is -0.789. The molecule has 1 aromatic carbocycles. The predicted octanol–water partition coefficient (Wildman–Crippen LogP) is 2.71. The number of pyridine rings is 1. The lowest BCUT2D eigenvalue weighted by atomic mass is 10.0. The molecule has 0 bridgehead atoms. The number of hydrogen-bond donors (Lipinski definition) is 2. The number of carbonyl (C=O) groups is 2. The molecule has 2 amide bonds. The highest BCUT2D eigenvalue weighted by Crippen LogP contribution is 2.33. The lowest BCUT2D eigenvalue weighted by Crippen LogP contribution is -2.44. The molecule has 2 aliphatic rings. The van der Waals surface area contributed by atoms with Crippen LogP contribution in [0.2, 0.25) is 0 Å². The molecule has 7 nitrogen and oxygen atoms in total. The van der Waals surface area contributed by atoms with Crippen molar-refractivity contribution in [1.82, 2.24) is 14.9 Å².